The second-order valence-electron chi connectivity index (χ2n) is 5.42. The van der Waals surface area contributed by atoms with Gasteiger partial charge in [0.25, 0.3) is 0 Å². The van der Waals surface area contributed by atoms with Crippen molar-refractivity contribution in [2.75, 3.05) is 18.4 Å². The minimum absolute atomic E-state index is 0. The van der Waals surface area contributed by atoms with Crippen molar-refractivity contribution in [2.24, 2.45) is 11.8 Å². The highest BCUT2D eigenvalue weighted by Crippen LogP contribution is 2.39. The number of anilines is 1. The maximum absolute atomic E-state index is 13.0. The lowest BCUT2D eigenvalue weighted by Crippen LogP contribution is -2.23. The number of rotatable bonds is 2. The highest BCUT2D eigenvalue weighted by Gasteiger charge is 2.40. The van der Waals surface area contributed by atoms with E-state index in [-0.39, 0.29) is 29.4 Å². The Bertz CT molecular complexity index is 500. The Labute approximate surface area is 131 Å². The summed E-state index contributed by atoms with van der Waals surface area (Å²) in [6, 6.07) is 0.831. The van der Waals surface area contributed by atoms with E-state index in [2.05, 4.69) is 20.8 Å². The molecule has 2 fully saturated rings. The van der Waals surface area contributed by atoms with Gasteiger partial charge in [-0.2, -0.15) is 13.2 Å². The van der Waals surface area contributed by atoms with Crippen LogP contribution in [0.3, 0.4) is 0 Å². The number of hydrogen-bond acceptors (Lipinski definition) is 4. The highest BCUT2D eigenvalue weighted by atomic mass is 35.5. The van der Waals surface area contributed by atoms with Gasteiger partial charge in [0.15, 0.2) is 11.0 Å². The summed E-state index contributed by atoms with van der Waals surface area (Å²) in [7, 11) is 0. The van der Waals surface area contributed by atoms with E-state index in [1.807, 2.05) is 0 Å². The van der Waals surface area contributed by atoms with Gasteiger partial charge < -0.3 is 10.6 Å². The number of aromatic nitrogens is 2. The van der Waals surface area contributed by atoms with Crippen molar-refractivity contribution < 1.29 is 13.2 Å². The van der Waals surface area contributed by atoms with Crippen LogP contribution < -0.4 is 10.6 Å². The molecule has 0 spiro atoms. The Balaban J connectivity index is 0.00000161. The first kappa shape index (κ1) is 16.6. The van der Waals surface area contributed by atoms with Gasteiger partial charge in [0, 0.05) is 6.04 Å². The average Bonchev–Trinajstić information content (AvgIpc) is 2.90. The summed E-state index contributed by atoms with van der Waals surface area (Å²) in [5.41, 5.74) is -0.854. The molecular formula is C12H15Cl2F3N4. The van der Waals surface area contributed by atoms with Crippen molar-refractivity contribution in [3.05, 3.63) is 16.8 Å². The summed E-state index contributed by atoms with van der Waals surface area (Å²) in [6.45, 7) is 1.89. The molecular weight excluding hydrogens is 328 g/mol. The average molecular weight is 343 g/mol. The summed E-state index contributed by atoms with van der Waals surface area (Å²) < 4.78 is 38.9. The van der Waals surface area contributed by atoms with Gasteiger partial charge in [-0.05, 0) is 43.8 Å². The van der Waals surface area contributed by atoms with Gasteiger partial charge >= 0.3 is 6.18 Å². The zero-order chi connectivity index (χ0) is 14.3. The third-order valence-electron chi connectivity index (χ3n) is 4.06. The van der Waals surface area contributed by atoms with Crippen LogP contribution in [0.25, 0.3) is 0 Å². The predicted octanol–water partition coefficient (Wildman–Crippen LogP) is 2.98. The van der Waals surface area contributed by atoms with E-state index in [0.717, 1.165) is 32.0 Å². The lowest BCUT2D eigenvalue weighted by Gasteiger charge is -2.18. The monoisotopic (exact) mass is 342 g/mol. The highest BCUT2D eigenvalue weighted by molar-refractivity contribution is 6.29. The van der Waals surface area contributed by atoms with Crippen molar-refractivity contribution in [3.8, 4) is 0 Å². The van der Waals surface area contributed by atoms with Gasteiger partial charge in [0.1, 0.15) is 5.56 Å². The first-order valence-corrected chi connectivity index (χ1v) is 6.89. The number of fused-ring (bicyclic) bond motifs is 1. The third-order valence-corrected chi connectivity index (χ3v) is 4.25. The van der Waals surface area contributed by atoms with Crippen LogP contribution in [0.2, 0.25) is 5.15 Å². The van der Waals surface area contributed by atoms with E-state index >= 15 is 0 Å². The molecule has 2 aliphatic rings. The molecule has 0 bridgehead atoms. The van der Waals surface area contributed by atoms with Crippen molar-refractivity contribution in [1.29, 1.82) is 0 Å². The minimum Gasteiger partial charge on any atom is -0.365 e. The molecule has 4 nitrogen and oxygen atoms in total. The molecule has 1 saturated carbocycles. The molecule has 9 heteroatoms. The molecule has 0 radical (unpaired) electrons. The molecule has 2 atom stereocenters. The number of alkyl halides is 3. The third kappa shape index (κ3) is 3.52. The van der Waals surface area contributed by atoms with Gasteiger partial charge in [0.2, 0.25) is 0 Å². The molecule has 0 aromatic carbocycles. The van der Waals surface area contributed by atoms with Crippen LogP contribution in [0.4, 0.5) is 19.0 Å². The summed E-state index contributed by atoms with van der Waals surface area (Å²) in [5.74, 6) is 0.865. The molecule has 0 amide bonds. The van der Waals surface area contributed by atoms with E-state index in [0.29, 0.717) is 11.8 Å². The Morgan fingerprint density at radius 1 is 1.19 bits per heavy atom. The number of halogens is 5. The van der Waals surface area contributed by atoms with E-state index in [1.165, 1.54) is 0 Å². The Hall–Kier alpha value is -0.790. The molecule has 1 aliphatic heterocycles. The topological polar surface area (TPSA) is 49.8 Å². The van der Waals surface area contributed by atoms with E-state index in [9.17, 15) is 13.2 Å². The van der Waals surface area contributed by atoms with E-state index < -0.39 is 11.7 Å². The molecule has 2 heterocycles. The fourth-order valence-corrected chi connectivity index (χ4v) is 3.31. The van der Waals surface area contributed by atoms with Crippen LogP contribution in [0.15, 0.2) is 6.07 Å². The molecule has 3 rings (SSSR count). The normalized spacial score (nSPS) is 28.1. The minimum atomic E-state index is -4.49. The van der Waals surface area contributed by atoms with Gasteiger partial charge in [0.05, 0.1) is 0 Å². The predicted molar refractivity (Wildman–Crippen MR) is 75.8 cm³/mol. The van der Waals surface area contributed by atoms with Crippen molar-refractivity contribution in [2.45, 2.75) is 25.1 Å². The fourth-order valence-electron chi connectivity index (χ4n) is 3.17. The standard InChI is InChI=1S/C12H14ClF3N4.ClH/c13-10-3-9(12(14,15)16)11(20-19-10)18-8-1-6-4-17-5-7(6)2-8;/h3,6-8,17H,1-2,4-5H2,(H,18,20);1H. The van der Waals surface area contributed by atoms with Gasteiger partial charge in [-0.3, -0.25) is 0 Å². The number of nitrogens with one attached hydrogen (secondary N) is 2. The quantitative estimate of drug-likeness (QED) is 0.867. The SMILES string of the molecule is Cl.FC(F)(F)c1cc(Cl)nnc1NC1CC2CNCC2C1. The first-order chi connectivity index (χ1) is 9.43. The Morgan fingerprint density at radius 3 is 2.38 bits per heavy atom. The first-order valence-electron chi connectivity index (χ1n) is 6.51. The largest absolute Gasteiger partial charge is 0.420 e. The lowest BCUT2D eigenvalue weighted by atomic mass is 10.0. The maximum Gasteiger partial charge on any atom is 0.420 e. The van der Waals surface area contributed by atoms with Gasteiger partial charge in [-0.1, -0.05) is 11.6 Å². The Morgan fingerprint density at radius 2 is 1.81 bits per heavy atom. The lowest BCUT2D eigenvalue weighted by molar-refractivity contribution is -0.137. The summed E-state index contributed by atoms with van der Waals surface area (Å²) in [4.78, 5) is 0. The maximum atomic E-state index is 13.0. The summed E-state index contributed by atoms with van der Waals surface area (Å²) in [5, 5.41) is 13.0. The van der Waals surface area contributed by atoms with Crippen molar-refractivity contribution >= 4 is 29.8 Å². The molecule has 1 saturated heterocycles. The van der Waals surface area contributed by atoms with Crippen LogP contribution in [0.5, 0.6) is 0 Å². The fraction of sp³-hybridized carbons (Fsp3) is 0.667. The van der Waals surface area contributed by atoms with Crippen LogP contribution in [0.1, 0.15) is 18.4 Å². The van der Waals surface area contributed by atoms with Gasteiger partial charge in [-0.15, -0.1) is 22.6 Å². The summed E-state index contributed by atoms with van der Waals surface area (Å²) in [6.07, 6.45) is -2.77. The second-order valence-corrected chi connectivity index (χ2v) is 5.81. The van der Waals surface area contributed by atoms with Crippen LogP contribution >= 0.6 is 24.0 Å². The van der Waals surface area contributed by atoms with Crippen LogP contribution in [-0.4, -0.2) is 29.3 Å². The molecule has 1 aromatic rings. The smallest absolute Gasteiger partial charge is 0.365 e. The molecule has 2 unspecified atom stereocenters. The molecule has 2 N–H and O–H groups in total. The zero-order valence-corrected chi connectivity index (χ0v) is 12.5. The van der Waals surface area contributed by atoms with Crippen molar-refractivity contribution in [3.63, 3.8) is 0 Å². The zero-order valence-electron chi connectivity index (χ0n) is 11.0. The second kappa shape index (κ2) is 6.14. The molecule has 21 heavy (non-hydrogen) atoms. The summed E-state index contributed by atoms with van der Waals surface area (Å²) >= 11 is 5.51. The molecule has 118 valence electrons. The Kier molecular flexibility index (Phi) is 4.85. The number of hydrogen-bond donors (Lipinski definition) is 2. The van der Waals surface area contributed by atoms with Crippen LogP contribution in [-0.2, 0) is 6.18 Å². The number of nitrogens with zero attached hydrogens (tertiary/aromatic N) is 2. The molecule has 1 aromatic heterocycles. The molecule has 1 aliphatic carbocycles. The van der Waals surface area contributed by atoms with Crippen molar-refractivity contribution in [1.82, 2.24) is 15.5 Å². The van der Waals surface area contributed by atoms with Crippen LogP contribution in [0, 0.1) is 11.8 Å². The van der Waals surface area contributed by atoms with E-state index in [4.69, 9.17) is 11.6 Å². The van der Waals surface area contributed by atoms with E-state index in [1.54, 1.807) is 0 Å². The van der Waals surface area contributed by atoms with Gasteiger partial charge in [-0.25, -0.2) is 0 Å².